The van der Waals surface area contributed by atoms with Crippen LogP contribution in [0.2, 0.25) is 0 Å². The van der Waals surface area contributed by atoms with Crippen molar-refractivity contribution in [3.8, 4) is 0 Å². The van der Waals surface area contributed by atoms with Gasteiger partial charge in [-0.15, -0.1) is 11.8 Å². The molecule has 3 N–H and O–H groups in total. The number of anilines is 1. The summed E-state index contributed by atoms with van der Waals surface area (Å²) in [7, 11) is 0. The summed E-state index contributed by atoms with van der Waals surface area (Å²) in [5, 5.41) is 7.52. The van der Waals surface area contributed by atoms with Crippen molar-refractivity contribution < 1.29 is 4.79 Å². The Morgan fingerprint density at radius 3 is 2.62 bits per heavy atom. The van der Waals surface area contributed by atoms with E-state index in [0.717, 1.165) is 16.8 Å². The van der Waals surface area contributed by atoms with Gasteiger partial charge in [0.2, 0.25) is 0 Å². The number of aromatic nitrogens is 2. The number of nitrogens with one attached hydrogen (secondary N) is 1. The molecule has 0 bridgehead atoms. The maximum atomic E-state index is 12.7. The Balaban J connectivity index is 1.47. The van der Waals surface area contributed by atoms with Crippen LogP contribution in [0.15, 0.2) is 84.0 Å². The van der Waals surface area contributed by atoms with Crippen LogP contribution in [0.25, 0.3) is 5.52 Å². The smallest absolute Gasteiger partial charge is 0.259 e. The van der Waals surface area contributed by atoms with Crippen molar-refractivity contribution in [2.45, 2.75) is 23.6 Å². The Bertz CT molecular complexity index is 1120. The summed E-state index contributed by atoms with van der Waals surface area (Å²) in [6.07, 6.45) is 3.40. The SMILES string of the molecule is CC(Sc1ccccc1)c1ccc(NC(=O)c2cnn3ccc(CN)cc23)cc1. The molecule has 6 heteroatoms. The lowest BCUT2D eigenvalue weighted by Crippen LogP contribution is -2.11. The number of benzene rings is 2. The van der Waals surface area contributed by atoms with Gasteiger partial charge < -0.3 is 11.1 Å². The molecule has 0 aliphatic heterocycles. The molecule has 0 aliphatic carbocycles. The third-order valence-electron chi connectivity index (χ3n) is 4.76. The molecule has 0 saturated carbocycles. The number of carbonyl (C=O) groups excluding carboxylic acids is 1. The van der Waals surface area contributed by atoms with Crippen LogP contribution in [-0.2, 0) is 6.54 Å². The molecule has 4 aromatic rings. The predicted molar refractivity (Wildman–Crippen MR) is 118 cm³/mol. The van der Waals surface area contributed by atoms with Crippen LogP contribution in [0.5, 0.6) is 0 Å². The highest BCUT2D eigenvalue weighted by molar-refractivity contribution is 7.99. The first-order valence-electron chi connectivity index (χ1n) is 9.43. The van der Waals surface area contributed by atoms with Gasteiger partial charge in [-0.1, -0.05) is 30.3 Å². The van der Waals surface area contributed by atoms with E-state index in [-0.39, 0.29) is 5.91 Å². The van der Waals surface area contributed by atoms with Crippen LogP contribution in [-0.4, -0.2) is 15.5 Å². The molecule has 0 fully saturated rings. The largest absolute Gasteiger partial charge is 0.326 e. The first-order valence-corrected chi connectivity index (χ1v) is 10.3. The van der Waals surface area contributed by atoms with Crippen LogP contribution in [0.1, 0.15) is 33.7 Å². The van der Waals surface area contributed by atoms with Gasteiger partial charge in [0.1, 0.15) is 0 Å². The fraction of sp³-hybridized carbons (Fsp3) is 0.130. The zero-order valence-corrected chi connectivity index (χ0v) is 16.9. The average molecular weight is 403 g/mol. The molecule has 0 saturated heterocycles. The molecule has 1 unspecified atom stereocenters. The molecule has 0 radical (unpaired) electrons. The Kier molecular flexibility index (Phi) is 5.64. The Labute approximate surface area is 173 Å². The van der Waals surface area contributed by atoms with E-state index < -0.39 is 0 Å². The van der Waals surface area contributed by atoms with Gasteiger partial charge >= 0.3 is 0 Å². The van der Waals surface area contributed by atoms with Crippen LogP contribution >= 0.6 is 11.8 Å². The lowest BCUT2D eigenvalue weighted by Gasteiger charge is -2.12. The van der Waals surface area contributed by atoms with E-state index in [1.807, 2.05) is 60.4 Å². The molecule has 1 atom stereocenters. The van der Waals surface area contributed by atoms with Gasteiger partial charge in [-0.3, -0.25) is 4.79 Å². The summed E-state index contributed by atoms with van der Waals surface area (Å²) >= 11 is 1.81. The minimum atomic E-state index is -0.186. The summed E-state index contributed by atoms with van der Waals surface area (Å²) in [6, 6.07) is 22.1. The first-order chi connectivity index (χ1) is 14.1. The number of nitrogens with zero attached hydrogens (tertiary/aromatic N) is 2. The van der Waals surface area contributed by atoms with Gasteiger partial charge in [0.05, 0.1) is 17.3 Å². The van der Waals surface area contributed by atoms with Crippen LogP contribution in [0, 0.1) is 0 Å². The van der Waals surface area contributed by atoms with Gasteiger partial charge in [-0.25, -0.2) is 4.52 Å². The highest BCUT2D eigenvalue weighted by atomic mass is 32.2. The maximum absolute atomic E-state index is 12.7. The molecule has 0 aliphatic rings. The normalized spacial score (nSPS) is 12.1. The van der Waals surface area contributed by atoms with Crippen molar-refractivity contribution in [2.24, 2.45) is 5.73 Å². The number of rotatable bonds is 6. The number of nitrogens with two attached hydrogens (primary N) is 1. The van der Waals surface area contributed by atoms with Crippen molar-refractivity contribution in [1.82, 2.24) is 9.61 Å². The second-order valence-electron chi connectivity index (χ2n) is 6.78. The van der Waals surface area contributed by atoms with Gasteiger partial charge in [0.25, 0.3) is 5.91 Å². The van der Waals surface area contributed by atoms with Crippen LogP contribution in [0.4, 0.5) is 5.69 Å². The molecule has 2 aromatic heterocycles. The Hall–Kier alpha value is -3.09. The third kappa shape index (κ3) is 4.34. The average Bonchev–Trinajstić information content (AvgIpc) is 3.18. The van der Waals surface area contributed by atoms with Crippen molar-refractivity contribution in [3.63, 3.8) is 0 Å². The van der Waals surface area contributed by atoms with E-state index in [1.54, 1.807) is 10.7 Å². The van der Waals surface area contributed by atoms with Crippen LogP contribution < -0.4 is 11.1 Å². The molecule has 2 aromatic carbocycles. The lowest BCUT2D eigenvalue weighted by atomic mass is 10.1. The topological polar surface area (TPSA) is 72.4 Å². The molecular formula is C23H22N4OS. The van der Waals surface area contributed by atoms with E-state index in [2.05, 4.69) is 41.6 Å². The highest BCUT2D eigenvalue weighted by Gasteiger charge is 2.14. The zero-order chi connectivity index (χ0) is 20.2. The maximum Gasteiger partial charge on any atom is 0.259 e. The molecule has 5 nitrogen and oxygen atoms in total. The Morgan fingerprint density at radius 2 is 1.90 bits per heavy atom. The lowest BCUT2D eigenvalue weighted by molar-refractivity contribution is 0.102. The van der Waals surface area contributed by atoms with Gasteiger partial charge in [0, 0.05) is 28.6 Å². The molecule has 0 spiro atoms. The van der Waals surface area contributed by atoms with E-state index in [1.165, 1.54) is 10.5 Å². The van der Waals surface area contributed by atoms with Gasteiger partial charge in [-0.05, 0) is 54.4 Å². The monoisotopic (exact) mass is 402 g/mol. The third-order valence-corrected chi connectivity index (χ3v) is 5.93. The predicted octanol–water partition coefficient (Wildman–Crippen LogP) is 4.90. The van der Waals surface area contributed by atoms with E-state index in [0.29, 0.717) is 17.4 Å². The number of amides is 1. The van der Waals surface area contributed by atoms with Crippen molar-refractivity contribution in [1.29, 1.82) is 0 Å². The minimum absolute atomic E-state index is 0.186. The van der Waals surface area contributed by atoms with Crippen molar-refractivity contribution >= 4 is 28.9 Å². The number of fused-ring (bicyclic) bond motifs is 1. The molecular weight excluding hydrogens is 380 g/mol. The van der Waals surface area contributed by atoms with E-state index in [4.69, 9.17) is 5.73 Å². The number of hydrogen-bond acceptors (Lipinski definition) is 4. The summed E-state index contributed by atoms with van der Waals surface area (Å²) in [4.78, 5) is 14.0. The second kappa shape index (κ2) is 8.51. The number of carbonyl (C=O) groups is 1. The molecule has 146 valence electrons. The standard InChI is InChI=1S/C23H22N4OS/c1-16(29-20-5-3-2-4-6-20)18-7-9-19(10-8-18)26-23(28)21-15-25-27-12-11-17(14-24)13-22(21)27/h2-13,15-16H,14,24H2,1H3,(H,26,28). The summed E-state index contributed by atoms with van der Waals surface area (Å²) in [5.41, 5.74) is 9.91. The number of thioether (sulfide) groups is 1. The van der Waals surface area contributed by atoms with Gasteiger partial charge in [0.15, 0.2) is 0 Å². The van der Waals surface area contributed by atoms with Crippen molar-refractivity contribution in [3.05, 3.63) is 95.8 Å². The fourth-order valence-corrected chi connectivity index (χ4v) is 4.15. The molecule has 4 rings (SSSR count). The number of pyridine rings is 1. The summed E-state index contributed by atoms with van der Waals surface area (Å²) in [6.45, 7) is 2.60. The van der Waals surface area contributed by atoms with Gasteiger partial charge in [-0.2, -0.15) is 5.10 Å². The fourth-order valence-electron chi connectivity index (χ4n) is 3.13. The summed E-state index contributed by atoms with van der Waals surface area (Å²) < 4.78 is 1.68. The van der Waals surface area contributed by atoms with Crippen LogP contribution in [0.3, 0.4) is 0 Å². The summed E-state index contributed by atoms with van der Waals surface area (Å²) in [5.74, 6) is -0.186. The first kappa shape index (κ1) is 19.2. The highest BCUT2D eigenvalue weighted by Crippen LogP contribution is 2.34. The van der Waals surface area contributed by atoms with E-state index >= 15 is 0 Å². The molecule has 1 amide bonds. The second-order valence-corrected chi connectivity index (χ2v) is 8.19. The van der Waals surface area contributed by atoms with Crippen molar-refractivity contribution in [2.75, 3.05) is 5.32 Å². The zero-order valence-electron chi connectivity index (χ0n) is 16.1. The molecule has 29 heavy (non-hydrogen) atoms. The quantitative estimate of drug-likeness (QED) is 0.450. The number of hydrogen-bond donors (Lipinski definition) is 2. The minimum Gasteiger partial charge on any atom is -0.326 e. The molecule has 2 heterocycles. The van der Waals surface area contributed by atoms with E-state index in [9.17, 15) is 4.79 Å². The Morgan fingerprint density at radius 1 is 1.14 bits per heavy atom.